The summed E-state index contributed by atoms with van der Waals surface area (Å²) in [7, 11) is 1.66. The Labute approximate surface area is 139 Å². The SMILES string of the molecule is COc1ccc(-c2cccc(-c3ncc4ccccc4n3)n2)cc1. The van der Waals surface area contributed by atoms with E-state index in [0.717, 1.165) is 33.6 Å². The molecule has 4 aromatic rings. The molecule has 0 saturated heterocycles. The summed E-state index contributed by atoms with van der Waals surface area (Å²) in [5, 5.41) is 1.02. The van der Waals surface area contributed by atoms with E-state index < -0.39 is 0 Å². The van der Waals surface area contributed by atoms with Gasteiger partial charge >= 0.3 is 0 Å². The van der Waals surface area contributed by atoms with Crippen molar-refractivity contribution in [2.75, 3.05) is 7.11 Å². The lowest BCUT2D eigenvalue weighted by Crippen LogP contribution is -1.94. The minimum Gasteiger partial charge on any atom is -0.497 e. The third-order valence-electron chi connectivity index (χ3n) is 3.85. The zero-order valence-corrected chi connectivity index (χ0v) is 13.2. The molecule has 2 aromatic heterocycles. The number of pyridine rings is 1. The minimum atomic E-state index is 0.629. The van der Waals surface area contributed by atoms with Crippen molar-refractivity contribution in [1.82, 2.24) is 15.0 Å². The van der Waals surface area contributed by atoms with E-state index in [-0.39, 0.29) is 0 Å². The summed E-state index contributed by atoms with van der Waals surface area (Å²) >= 11 is 0. The first-order valence-electron chi connectivity index (χ1n) is 7.67. The molecule has 4 heteroatoms. The number of nitrogens with zero attached hydrogens (tertiary/aromatic N) is 3. The molecule has 0 unspecified atom stereocenters. The third-order valence-corrected chi connectivity index (χ3v) is 3.85. The molecule has 4 nitrogen and oxygen atoms in total. The second-order valence-electron chi connectivity index (χ2n) is 5.39. The van der Waals surface area contributed by atoms with Crippen molar-refractivity contribution < 1.29 is 4.74 Å². The Hall–Kier alpha value is -3.27. The number of hydrogen-bond acceptors (Lipinski definition) is 4. The lowest BCUT2D eigenvalue weighted by atomic mass is 10.1. The molecular weight excluding hydrogens is 298 g/mol. The van der Waals surface area contributed by atoms with Crippen LogP contribution in [-0.4, -0.2) is 22.1 Å². The molecule has 0 aliphatic carbocycles. The normalized spacial score (nSPS) is 10.7. The highest BCUT2D eigenvalue weighted by molar-refractivity contribution is 5.79. The van der Waals surface area contributed by atoms with Crippen LogP contribution in [0.25, 0.3) is 33.7 Å². The third kappa shape index (κ3) is 2.70. The quantitative estimate of drug-likeness (QED) is 0.563. The van der Waals surface area contributed by atoms with Gasteiger partial charge in [0.2, 0.25) is 0 Å². The Balaban J connectivity index is 1.75. The van der Waals surface area contributed by atoms with Gasteiger partial charge in [-0.2, -0.15) is 0 Å². The van der Waals surface area contributed by atoms with E-state index in [1.54, 1.807) is 7.11 Å². The standard InChI is InChI=1S/C20H15N3O/c1-24-16-11-9-14(10-12-16)17-7-4-8-19(22-17)20-21-13-15-5-2-3-6-18(15)23-20/h2-13H,1H3. The molecule has 116 valence electrons. The molecule has 2 aromatic carbocycles. The summed E-state index contributed by atoms with van der Waals surface area (Å²) in [5.41, 5.74) is 3.58. The van der Waals surface area contributed by atoms with Crippen molar-refractivity contribution in [3.63, 3.8) is 0 Å². The average Bonchev–Trinajstić information content (AvgIpc) is 2.68. The van der Waals surface area contributed by atoms with Crippen molar-refractivity contribution in [3.8, 4) is 28.5 Å². The van der Waals surface area contributed by atoms with Crippen molar-refractivity contribution in [2.45, 2.75) is 0 Å². The van der Waals surface area contributed by atoms with Gasteiger partial charge in [-0.05, 0) is 42.5 Å². The highest BCUT2D eigenvalue weighted by Gasteiger charge is 2.07. The van der Waals surface area contributed by atoms with Gasteiger partial charge in [-0.1, -0.05) is 24.3 Å². The first-order chi connectivity index (χ1) is 11.8. The second-order valence-corrected chi connectivity index (χ2v) is 5.39. The van der Waals surface area contributed by atoms with E-state index in [0.29, 0.717) is 5.82 Å². The fraction of sp³-hybridized carbons (Fsp3) is 0.0500. The van der Waals surface area contributed by atoms with Crippen LogP contribution in [0.2, 0.25) is 0 Å². The summed E-state index contributed by atoms with van der Waals surface area (Å²) in [6.07, 6.45) is 1.83. The first-order valence-corrected chi connectivity index (χ1v) is 7.67. The van der Waals surface area contributed by atoms with Crippen LogP contribution in [0.5, 0.6) is 5.75 Å². The summed E-state index contributed by atoms with van der Waals surface area (Å²) in [4.78, 5) is 13.8. The maximum absolute atomic E-state index is 5.20. The van der Waals surface area contributed by atoms with Gasteiger partial charge in [-0.3, -0.25) is 0 Å². The van der Waals surface area contributed by atoms with Gasteiger partial charge in [0.25, 0.3) is 0 Å². The van der Waals surface area contributed by atoms with Crippen molar-refractivity contribution in [1.29, 1.82) is 0 Å². The number of fused-ring (bicyclic) bond motifs is 1. The predicted molar refractivity (Wildman–Crippen MR) is 94.8 cm³/mol. The topological polar surface area (TPSA) is 47.9 Å². The molecule has 0 saturated carbocycles. The van der Waals surface area contributed by atoms with Gasteiger partial charge in [-0.25, -0.2) is 15.0 Å². The molecule has 0 radical (unpaired) electrons. The molecule has 4 rings (SSSR count). The lowest BCUT2D eigenvalue weighted by Gasteiger charge is -2.06. The van der Waals surface area contributed by atoms with Gasteiger partial charge in [0.15, 0.2) is 5.82 Å². The molecule has 0 aliphatic heterocycles. The molecule has 0 fully saturated rings. The number of methoxy groups -OCH3 is 1. The molecule has 0 amide bonds. The molecule has 2 heterocycles. The number of benzene rings is 2. The van der Waals surface area contributed by atoms with Crippen LogP contribution in [0.15, 0.2) is 72.9 Å². The Bertz CT molecular complexity index is 997. The summed E-state index contributed by atoms with van der Waals surface area (Å²) in [6.45, 7) is 0. The molecular formula is C20H15N3O. The number of aromatic nitrogens is 3. The zero-order chi connectivity index (χ0) is 16.4. The van der Waals surface area contributed by atoms with Crippen LogP contribution in [0, 0.1) is 0 Å². The van der Waals surface area contributed by atoms with E-state index in [1.807, 2.05) is 72.9 Å². The monoisotopic (exact) mass is 313 g/mol. The molecule has 0 aliphatic rings. The molecule has 0 atom stereocenters. The minimum absolute atomic E-state index is 0.629. The van der Waals surface area contributed by atoms with Gasteiger partial charge in [-0.15, -0.1) is 0 Å². The Morgan fingerprint density at radius 2 is 1.54 bits per heavy atom. The van der Waals surface area contributed by atoms with Crippen LogP contribution in [0.4, 0.5) is 0 Å². The summed E-state index contributed by atoms with van der Waals surface area (Å²) in [5.74, 6) is 1.46. The number of rotatable bonds is 3. The van der Waals surface area contributed by atoms with E-state index in [4.69, 9.17) is 9.72 Å². The fourth-order valence-electron chi connectivity index (χ4n) is 2.58. The van der Waals surface area contributed by atoms with Crippen LogP contribution >= 0.6 is 0 Å². The van der Waals surface area contributed by atoms with Crippen molar-refractivity contribution >= 4 is 10.9 Å². The van der Waals surface area contributed by atoms with Crippen LogP contribution in [-0.2, 0) is 0 Å². The number of ether oxygens (including phenoxy) is 1. The smallest absolute Gasteiger partial charge is 0.178 e. The summed E-state index contributed by atoms with van der Waals surface area (Å²) in [6, 6.07) is 21.6. The number of hydrogen-bond donors (Lipinski definition) is 0. The van der Waals surface area contributed by atoms with Crippen molar-refractivity contribution in [2.24, 2.45) is 0 Å². The number of para-hydroxylation sites is 1. The average molecular weight is 313 g/mol. The van der Waals surface area contributed by atoms with Crippen LogP contribution in [0.1, 0.15) is 0 Å². The fourth-order valence-corrected chi connectivity index (χ4v) is 2.58. The molecule has 0 spiro atoms. The predicted octanol–water partition coefficient (Wildman–Crippen LogP) is 4.37. The van der Waals surface area contributed by atoms with Gasteiger partial charge < -0.3 is 4.74 Å². The maximum Gasteiger partial charge on any atom is 0.178 e. The highest BCUT2D eigenvalue weighted by atomic mass is 16.5. The molecule has 24 heavy (non-hydrogen) atoms. The largest absolute Gasteiger partial charge is 0.497 e. The lowest BCUT2D eigenvalue weighted by molar-refractivity contribution is 0.415. The van der Waals surface area contributed by atoms with Crippen LogP contribution < -0.4 is 4.74 Å². The molecule has 0 N–H and O–H groups in total. The Kier molecular flexibility index (Phi) is 3.63. The zero-order valence-electron chi connectivity index (χ0n) is 13.2. The molecule has 0 bridgehead atoms. The van der Waals surface area contributed by atoms with Gasteiger partial charge in [0, 0.05) is 17.1 Å². The van der Waals surface area contributed by atoms with Crippen molar-refractivity contribution in [3.05, 3.63) is 72.9 Å². The van der Waals surface area contributed by atoms with E-state index in [9.17, 15) is 0 Å². The maximum atomic E-state index is 5.20. The second kappa shape index (κ2) is 6.08. The van der Waals surface area contributed by atoms with E-state index in [1.165, 1.54) is 0 Å². The van der Waals surface area contributed by atoms with E-state index in [2.05, 4.69) is 9.97 Å². The van der Waals surface area contributed by atoms with E-state index >= 15 is 0 Å². The summed E-state index contributed by atoms with van der Waals surface area (Å²) < 4.78 is 5.20. The Morgan fingerprint density at radius 3 is 2.38 bits per heavy atom. The van der Waals surface area contributed by atoms with Gasteiger partial charge in [0.05, 0.1) is 18.3 Å². The highest BCUT2D eigenvalue weighted by Crippen LogP contribution is 2.23. The van der Waals surface area contributed by atoms with Crippen LogP contribution in [0.3, 0.4) is 0 Å². The Morgan fingerprint density at radius 1 is 0.750 bits per heavy atom. The first kappa shape index (κ1) is 14.3. The van der Waals surface area contributed by atoms with Gasteiger partial charge in [0.1, 0.15) is 11.4 Å².